The van der Waals surface area contributed by atoms with Crippen molar-refractivity contribution in [3.63, 3.8) is 0 Å². The van der Waals surface area contributed by atoms with Crippen LogP contribution in [-0.2, 0) is 4.79 Å². The van der Waals surface area contributed by atoms with Crippen LogP contribution in [0.25, 0.3) is 0 Å². The van der Waals surface area contributed by atoms with E-state index in [1.807, 2.05) is 0 Å². The summed E-state index contributed by atoms with van der Waals surface area (Å²) >= 11 is 1.39. The van der Waals surface area contributed by atoms with Crippen molar-refractivity contribution in [2.24, 2.45) is 5.73 Å². The maximum absolute atomic E-state index is 11.1. The molecule has 1 fully saturated rings. The van der Waals surface area contributed by atoms with E-state index in [0.717, 1.165) is 12.8 Å². The third kappa shape index (κ3) is 3.24. The highest BCUT2D eigenvalue weighted by Crippen LogP contribution is 2.21. The molecule has 1 aliphatic rings. The Labute approximate surface area is 91.8 Å². The third-order valence-corrected chi connectivity index (χ3v) is 3.09. The topological polar surface area (TPSA) is 81.2 Å². The number of nitrogens with zero attached hydrogens (tertiary/aromatic N) is 1. The Morgan fingerprint density at radius 3 is 3.13 bits per heavy atom. The standard InChI is InChI=1S/C9H13N3O2S/c10-8(13)7(12-6-1-2-6)5-15-9-11-3-4-14-9/h3-4,6-7,12H,1-2,5H2,(H2,10,13). The molecule has 15 heavy (non-hydrogen) atoms. The second-order valence-electron chi connectivity index (χ2n) is 3.50. The minimum atomic E-state index is -0.319. The van der Waals surface area contributed by atoms with Crippen molar-refractivity contribution in [1.29, 1.82) is 0 Å². The molecular formula is C9H13N3O2S. The van der Waals surface area contributed by atoms with Crippen LogP contribution in [0, 0.1) is 0 Å². The van der Waals surface area contributed by atoms with E-state index >= 15 is 0 Å². The fraction of sp³-hybridized carbons (Fsp3) is 0.556. The summed E-state index contributed by atoms with van der Waals surface area (Å²) in [6.45, 7) is 0. The molecule has 1 heterocycles. The number of hydrogen-bond acceptors (Lipinski definition) is 5. The highest BCUT2D eigenvalue weighted by molar-refractivity contribution is 7.99. The van der Waals surface area contributed by atoms with Crippen molar-refractivity contribution < 1.29 is 9.21 Å². The van der Waals surface area contributed by atoms with Gasteiger partial charge >= 0.3 is 0 Å². The molecule has 1 atom stereocenters. The summed E-state index contributed by atoms with van der Waals surface area (Å²) in [6.07, 6.45) is 5.35. The number of oxazole rings is 1. The van der Waals surface area contributed by atoms with Crippen LogP contribution in [-0.4, -0.2) is 28.7 Å². The second-order valence-corrected chi connectivity index (χ2v) is 4.48. The van der Waals surface area contributed by atoms with Gasteiger partial charge < -0.3 is 15.5 Å². The molecule has 82 valence electrons. The summed E-state index contributed by atoms with van der Waals surface area (Å²) in [5, 5.41) is 3.76. The minimum absolute atomic E-state index is 0.297. The molecule has 1 aromatic heterocycles. The van der Waals surface area contributed by atoms with Crippen LogP contribution in [0.15, 0.2) is 22.1 Å². The number of rotatable bonds is 6. The average molecular weight is 227 g/mol. The molecule has 1 aliphatic carbocycles. The van der Waals surface area contributed by atoms with E-state index in [1.165, 1.54) is 18.0 Å². The van der Waals surface area contributed by atoms with E-state index in [4.69, 9.17) is 10.2 Å². The van der Waals surface area contributed by atoms with Crippen LogP contribution in [0.3, 0.4) is 0 Å². The van der Waals surface area contributed by atoms with Gasteiger partial charge in [0.1, 0.15) is 6.26 Å². The number of carbonyl (C=O) groups is 1. The van der Waals surface area contributed by atoms with Gasteiger partial charge in [-0.05, 0) is 12.8 Å². The van der Waals surface area contributed by atoms with E-state index < -0.39 is 0 Å². The van der Waals surface area contributed by atoms with Crippen LogP contribution in [0.2, 0.25) is 0 Å². The third-order valence-electron chi connectivity index (χ3n) is 2.14. The second kappa shape index (κ2) is 4.67. The zero-order valence-corrected chi connectivity index (χ0v) is 9.00. The minimum Gasteiger partial charge on any atom is -0.440 e. The van der Waals surface area contributed by atoms with Crippen LogP contribution >= 0.6 is 11.8 Å². The highest BCUT2D eigenvalue weighted by atomic mass is 32.2. The summed E-state index contributed by atoms with van der Waals surface area (Å²) in [4.78, 5) is 15.1. The fourth-order valence-electron chi connectivity index (χ4n) is 1.18. The monoisotopic (exact) mass is 227 g/mol. The number of nitrogens with one attached hydrogen (secondary N) is 1. The molecule has 0 bridgehead atoms. The van der Waals surface area contributed by atoms with Crippen LogP contribution in [0.4, 0.5) is 0 Å². The summed E-state index contributed by atoms with van der Waals surface area (Å²) < 4.78 is 5.06. The van der Waals surface area contributed by atoms with Crippen molar-refractivity contribution in [3.8, 4) is 0 Å². The molecule has 0 aliphatic heterocycles. The first-order valence-corrected chi connectivity index (χ1v) is 5.82. The first kappa shape index (κ1) is 10.5. The molecule has 3 N–H and O–H groups in total. The molecule has 0 saturated heterocycles. The average Bonchev–Trinajstić information content (AvgIpc) is 2.87. The molecule has 1 unspecified atom stereocenters. The maximum Gasteiger partial charge on any atom is 0.255 e. The van der Waals surface area contributed by atoms with Crippen molar-refractivity contribution in [2.75, 3.05) is 5.75 Å². The van der Waals surface area contributed by atoms with Gasteiger partial charge in [-0.25, -0.2) is 4.98 Å². The number of primary amides is 1. The molecule has 1 saturated carbocycles. The predicted molar refractivity (Wildman–Crippen MR) is 56.4 cm³/mol. The van der Waals surface area contributed by atoms with Crippen LogP contribution in [0.1, 0.15) is 12.8 Å². The zero-order chi connectivity index (χ0) is 10.7. The van der Waals surface area contributed by atoms with Crippen LogP contribution < -0.4 is 11.1 Å². The molecule has 0 radical (unpaired) electrons. The van der Waals surface area contributed by atoms with Crippen molar-refractivity contribution in [1.82, 2.24) is 10.3 Å². The molecule has 6 heteroatoms. The molecule has 0 aromatic carbocycles. The SMILES string of the molecule is NC(=O)C(CSc1ncco1)NC1CC1. The predicted octanol–water partition coefficient (Wildman–Crippen LogP) is 0.373. The Hall–Kier alpha value is -1.01. The molecule has 2 rings (SSSR count). The first-order valence-electron chi connectivity index (χ1n) is 4.83. The Bertz CT molecular complexity index is 324. The van der Waals surface area contributed by atoms with Crippen molar-refractivity contribution in [3.05, 3.63) is 12.5 Å². The van der Waals surface area contributed by atoms with E-state index in [-0.39, 0.29) is 11.9 Å². The molecule has 1 aromatic rings. The number of hydrogen-bond donors (Lipinski definition) is 2. The summed E-state index contributed by atoms with van der Waals surface area (Å²) in [7, 11) is 0. The molecular weight excluding hydrogens is 214 g/mol. The lowest BCUT2D eigenvalue weighted by atomic mass is 10.3. The van der Waals surface area contributed by atoms with Crippen LogP contribution in [0.5, 0.6) is 0 Å². The Balaban J connectivity index is 1.80. The molecule has 0 spiro atoms. The lowest BCUT2D eigenvalue weighted by Crippen LogP contribution is -2.44. The number of amides is 1. The number of aromatic nitrogens is 1. The maximum atomic E-state index is 11.1. The highest BCUT2D eigenvalue weighted by Gasteiger charge is 2.27. The van der Waals surface area contributed by atoms with E-state index in [0.29, 0.717) is 17.0 Å². The van der Waals surface area contributed by atoms with Gasteiger partial charge in [-0.2, -0.15) is 0 Å². The Morgan fingerprint density at radius 1 is 1.80 bits per heavy atom. The Morgan fingerprint density at radius 2 is 2.60 bits per heavy atom. The smallest absolute Gasteiger partial charge is 0.255 e. The van der Waals surface area contributed by atoms with E-state index in [1.54, 1.807) is 6.20 Å². The fourth-order valence-corrected chi connectivity index (χ4v) is 2.01. The summed E-state index contributed by atoms with van der Waals surface area (Å²) in [5.41, 5.74) is 5.29. The summed E-state index contributed by atoms with van der Waals surface area (Å²) in [5.74, 6) is 0.243. The lowest BCUT2D eigenvalue weighted by Gasteiger charge is -2.12. The first-order chi connectivity index (χ1) is 7.25. The van der Waals surface area contributed by atoms with E-state index in [2.05, 4.69) is 10.3 Å². The molecule has 1 amide bonds. The van der Waals surface area contributed by atoms with Gasteiger partial charge in [-0.1, -0.05) is 11.8 Å². The van der Waals surface area contributed by atoms with E-state index in [9.17, 15) is 4.79 Å². The largest absolute Gasteiger partial charge is 0.440 e. The molecule has 5 nitrogen and oxygen atoms in total. The lowest BCUT2D eigenvalue weighted by molar-refractivity contribution is -0.119. The number of thioether (sulfide) groups is 1. The van der Waals surface area contributed by atoms with Gasteiger partial charge in [0.05, 0.1) is 12.2 Å². The number of nitrogens with two attached hydrogens (primary N) is 1. The van der Waals surface area contributed by atoms with Gasteiger partial charge in [-0.3, -0.25) is 4.79 Å². The number of carbonyl (C=O) groups excluding carboxylic acids is 1. The summed E-state index contributed by atoms with van der Waals surface area (Å²) in [6, 6.07) is 0.169. The van der Waals surface area contributed by atoms with Gasteiger partial charge in [0, 0.05) is 11.8 Å². The zero-order valence-electron chi connectivity index (χ0n) is 8.18. The normalized spacial score (nSPS) is 17.6. The van der Waals surface area contributed by atoms with Gasteiger partial charge in [-0.15, -0.1) is 0 Å². The Kier molecular flexibility index (Phi) is 3.27. The van der Waals surface area contributed by atoms with Crippen molar-refractivity contribution >= 4 is 17.7 Å². The van der Waals surface area contributed by atoms with Gasteiger partial charge in [0.2, 0.25) is 5.91 Å². The quantitative estimate of drug-likeness (QED) is 0.686. The van der Waals surface area contributed by atoms with Gasteiger partial charge in [0.15, 0.2) is 0 Å². The van der Waals surface area contributed by atoms with Gasteiger partial charge in [0.25, 0.3) is 5.22 Å². The van der Waals surface area contributed by atoms with Crippen molar-refractivity contribution in [2.45, 2.75) is 30.1 Å².